The number of carbonyl (C=O) groups excluding carboxylic acids is 1. The van der Waals surface area contributed by atoms with Gasteiger partial charge in [-0.15, -0.1) is 11.3 Å². The Hall–Kier alpha value is -1.65. The number of benzene rings is 1. The molecule has 1 aliphatic carbocycles. The van der Waals surface area contributed by atoms with Crippen LogP contribution in [0.1, 0.15) is 27.7 Å². The summed E-state index contributed by atoms with van der Waals surface area (Å²) >= 11 is 1.84. The molecule has 120 valence electrons. The summed E-state index contributed by atoms with van der Waals surface area (Å²) in [7, 11) is 2.12. The summed E-state index contributed by atoms with van der Waals surface area (Å²) in [5, 5.41) is 0. The van der Waals surface area contributed by atoms with Gasteiger partial charge in [0.1, 0.15) is 0 Å². The van der Waals surface area contributed by atoms with Crippen LogP contribution in [-0.2, 0) is 11.3 Å². The van der Waals surface area contributed by atoms with Crippen LogP contribution in [0.15, 0.2) is 36.4 Å². The van der Waals surface area contributed by atoms with Crippen LogP contribution in [0.4, 0.5) is 5.69 Å². The highest BCUT2D eigenvalue weighted by Gasteiger charge is 2.47. The molecule has 0 bridgehead atoms. The third-order valence-corrected chi connectivity index (χ3v) is 6.06. The third-order valence-electron chi connectivity index (χ3n) is 4.93. The first-order valence-electron chi connectivity index (χ1n) is 8.27. The highest BCUT2D eigenvalue weighted by atomic mass is 32.1. The number of aryl methyl sites for hydroxylation is 1. The number of likely N-dealkylation sites (N-methyl/N-ethyl adjacent to an activating group) is 1. The second kappa shape index (κ2) is 5.77. The number of hydrogen-bond acceptors (Lipinski definition) is 3. The number of thiophene rings is 1. The van der Waals surface area contributed by atoms with E-state index in [0.29, 0.717) is 11.8 Å². The number of para-hydroxylation sites is 1. The van der Waals surface area contributed by atoms with Gasteiger partial charge in [0.2, 0.25) is 5.91 Å². The van der Waals surface area contributed by atoms with Crippen LogP contribution in [-0.4, -0.2) is 30.9 Å². The number of amides is 1. The summed E-state index contributed by atoms with van der Waals surface area (Å²) in [6.45, 7) is 4.77. The molecule has 1 aliphatic heterocycles. The van der Waals surface area contributed by atoms with E-state index < -0.39 is 0 Å². The van der Waals surface area contributed by atoms with Crippen molar-refractivity contribution in [2.45, 2.75) is 25.8 Å². The minimum atomic E-state index is 0.171. The SMILES string of the molecule is Cc1ccc(C2CC2C(=O)N2CCN(C)Cc3ccccc32)s1. The number of rotatable bonds is 2. The Morgan fingerprint density at radius 1 is 1.17 bits per heavy atom. The van der Waals surface area contributed by atoms with Gasteiger partial charge in [0.05, 0.1) is 0 Å². The lowest BCUT2D eigenvalue weighted by Crippen LogP contribution is -2.36. The molecule has 0 spiro atoms. The molecule has 2 heterocycles. The van der Waals surface area contributed by atoms with Gasteiger partial charge in [-0.3, -0.25) is 4.79 Å². The van der Waals surface area contributed by atoms with E-state index >= 15 is 0 Å². The zero-order valence-corrected chi connectivity index (χ0v) is 14.5. The Labute approximate surface area is 141 Å². The number of nitrogens with zero attached hydrogens (tertiary/aromatic N) is 2. The fourth-order valence-electron chi connectivity index (χ4n) is 3.53. The summed E-state index contributed by atoms with van der Waals surface area (Å²) in [6.07, 6.45) is 1.01. The van der Waals surface area contributed by atoms with Crippen molar-refractivity contribution in [1.29, 1.82) is 0 Å². The van der Waals surface area contributed by atoms with E-state index in [-0.39, 0.29) is 5.92 Å². The van der Waals surface area contributed by atoms with E-state index in [9.17, 15) is 4.79 Å². The summed E-state index contributed by atoms with van der Waals surface area (Å²) in [4.78, 5) is 20.1. The number of hydrogen-bond donors (Lipinski definition) is 0. The first-order valence-corrected chi connectivity index (χ1v) is 9.09. The first kappa shape index (κ1) is 14.9. The predicted molar refractivity (Wildman–Crippen MR) is 95.0 cm³/mol. The summed E-state index contributed by atoms with van der Waals surface area (Å²) in [5.74, 6) is 0.919. The quantitative estimate of drug-likeness (QED) is 0.841. The predicted octanol–water partition coefficient (Wildman–Crippen LogP) is 3.64. The van der Waals surface area contributed by atoms with Crippen molar-refractivity contribution in [1.82, 2.24) is 4.90 Å². The molecule has 23 heavy (non-hydrogen) atoms. The van der Waals surface area contributed by atoms with Gasteiger partial charge < -0.3 is 9.80 Å². The molecule has 2 unspecified atom stereocenters. The molecule has 2 aromatic rings. The molecule has 1 aromatic carbocycles. The van der Waals surface area contributed by atoms with E-state index in [2.05, 4.69) is 49.2 Å². The highest BCUT2D eigenvalue weighted by Crippen LogP contribution is 2.51. The Morgan fingerprint density at radius 3 is 2.78 bits per heavy atom. The maximum atomic E-state index is 13.1. The van der Waals surface area contributed by atoms with Gasteiger partial charge in [-0.25, -0.2) is 0 Å². The Kier molecular flexibility index (Phi) is 3.74. The van der Waals surface area contributed by atoms with E-state index in [4.69, 9.17) is 0 Å². The molecule has 1 amide bonds. The second-order valence-corrected chi connectivity index (χ2v) is 8.07. The van der Waals surface area contributed by atoms with Crippen LogP contribution >= 0.6 is 11.3 Å². The average Bonchev–Trinajstić information content (AvgIpc) is 3.26. The third kappa shape index (κ3) is 2.81. The number of carbonyl (C=O) groups is 1. The zero-order chi connectivity index (χ0) is 16.0. The molecule has 0 radical (unpaired) electrons. The minimum absolute atomic E-state index is 0.171. The normalized spacial score (nSPS) is 24.2. The van der Waals surface area contributed by atoms with Crippen LogP contribution in [0, 0.1) is 12.8 Å². The zero-order valence-electron chi connectivity index (χ0n) is 13.7. The van der Waals surface area contributed by atoms with Crippen molar-refractivity contribution in [3.63, 3.8) is 0 Å². The lowest BCUT2D eigenvalue weighted by molar-refractivity contribution is -0.119. The first-order chi connectivity index (χ1) is 11.1. The second-order valence-electron chi connectivity index (χ2n) is 6.75. The van der Waals surface area contributed by atoms with Gasteiger partial charge in [-0.05, 0) is 44.2 Å². The van der Waals surface area contributed by atoms with E-state index in [1.54, 1.807) is 0 Å². The Balaban J connectivity index is 1.57. The average molecular weight is 326 g/mol. The van der Waals surface area contributed by atoms with Crippen molar-refractivity contribution in [2.24, 2.45) is 5.92 Å². The monoisotopic (exact) mass is 326 g/mol. The Morgan fingerprint density at radius 2 is 2.00 bits per heavy atom. The topological polar surface area (TPSA) is 23.6 Å². The van der Waals surface area contributed by atoms with Crippen LogP contribution in [0.25, 0.3) is 0 Å². The number of anilines is 1. The molecule has 1 saturated carbocycles. The number of fused-ring (bicyclic) bond motifs is 1. The molecule has 2 atom stereocenters. The standard InChI is InChI=1S/C19H22N2OS/c1-13-7-8-18(23-13)15-11-16(15)19(22)21-10-9-20(2)12-14-5-3-4-6-17(14)21/h3-8,15-16H,9-12H2,1-2H3. The molecule has 4 rings (SSSR count). The molecule has 0 saturated heterocycles. The maximum Gasteiger partial charge on any atom is 0.230 e. The van der Waals surface area contributed by atoms with Gasteiger partial charge in [0, 0.05) is 46.9 Å². The van der Waals surface area contributed by atoms with E-state index in [1.807, 2.05) is 22.3 Å². The molecule has 2 aliphatic rings. The van der Waals surface area contributed by atoms with E-state index in [1.165, 1.54) is 15.3 Å². The van der Waals surface area contributed by atoms with Gasteiger partial charge >= 0.3 is 0 Å². The summed E-state index contributed by atoms with van der Waals surface area (Å²) in [5.41, 5.74) is 2.36. The molecule has 1 aromatic heterocycles. The van der Waals surface area contributed by atoms with Crippen LogP contribution in [0.5, 0.6) is 0 Å². The minimum Gasteiger partial charge on any atom is -0.311 e. The van der Waals surface area contributed by atoms with Gasteiger partial charge in [0.15, 0.2) is 0 Å². The molecule has 3 nitrogen and oxygen atoms in total. The van der Waals surface area contributed by atoms with Crippen LogP contribution in [0.3, 0.4) is 0 Å². The fourth-order valence-corrected chi connectivity index (χ4v) is 4.59. The Bertz CT molecular complexity index is 738. The van der Waals surface area contributed by atoms with Gasteiger partial charge in [-0.2, -0.15) is 0 Å². The highest BCUT2D eigenvalue weighted by molar-refractivity contribution is 7.12. The van der Waals surface area contributed by atoms with Crippen molar-refractivity contribution in [2.75, 3.05) is 25.0 Å². The van der Waals surface area contributed by atoms with Crippen LogP contribution < -0.4 is 4.90 Å². The maximum absolute atomic E-state index is 13.1. The van der Waals surface area contributed by atoms with Crippen molar-refractivity contribution < 1.29 is 4.79 Å². The molecule has 0 N–H and O–H groups in total. The van der Waals surface area contributed by atoms with E-state index in [0.717, 1.165) is 31.7 Å². The molecular weight excluding hydrogens is 304 g/mol. The molecular formula is C19H22N2OS. The fraction of sp³-hybridized carbons (Fsp3) is 0.421. The van der Waals surface area contributed by atoms with Crippen molar-refractivity contribution in [3.05, 3.63) is 51.7 Å². The summed E-state index contributed by atoms with van der Waals surface area (Å²) < 4.78 is 0. The van der Waals surface area contributed by atoms with Crippen molar-refractivity contribution >= 4 is 22.9 Å². The van der Waals surface area contributed by atoms with Gasteiger partial charge in [0.25, 0.3) is 0 Å². The van der Waals surface area contributed by atoms with Crippen LogP contribution in [0.2, 0.25) is 0 Å². The molecule has 1 fully saturated rings. The smallest absolute Gasteiger partial charge is 0.230 e. The summed E-state index contributed by atoms with van der Waals surface area (Å²) in [6, 6.07) is 12.7. The van der Waals surface area contributed by atoms with Gasteiger partial charge in [-0.1, -0.05) is 18.2 Å². The lowest BCUT2D eigenvalue weighted by Gasteiger charge is -2.23. The largest absolute Gasteiger partial charge is 0.311 e. The van der Waals surface area contributed by atoms with Crippen molar-refractivity contribution in [3.8, 4) is 0 Å². The molecule has 4 heteroatoms. The lowest BCUT2D eigenvalue weighted by atomic mass is 10.1.